The second kappa shape index (κ2) is 4.45. The fourth-order valence-corrected chi connectivity index (χ4v) is 1.52. The summed E-state index contributed by atoms with van der Waals surface area (Å²) < 4.78 is 5.00. The summed E-state index contributed by atoms with van der Waals surface area (Å²) in [5.74, 6) is 0.603. The van der Waals surface area contributed by atoms with Gasteiger partial charge in [-0.3, -0.25) is 0 Å². The zero-order valence-electron chi connectivity index (χ0n) is 8.67. The Morgan fingerprint density at radius 2 is 2.23 bits per heavy atom. The van der Waals surface area contributed by atoms with Crippen LogP contribution in [0.1, 0.15) is 40.0 Å². The van der Waals surface area contributed by atoms with Crippen molar-refractivity contribution in [3.05, 3.63) is 11.6 Å². The van der Waals surface area contributed by atoms with Crippen LogP contribution >= 0.6 is 0 Å². The molecule has 1 aliphatic rings. The Balaban J connectivity index is 2.29. The number of carbonyl (C=O) groups is 1. The van der Waals surface area contributed by atoms with Crippen molar-refractivity contribution in [3.8, 4) is 0 Å². The third kappa shape index (κ3) is 3.21. The van der Waals surface area contributed by atoms with Gasteiger partial charge in [0.15, 0.2) is 0 Å². The van der Waals surface area contributed by atoms with Crippen molar-refractivity contribution in [1.82, 2.24) is 0 Å². The van der Waals surface area contributed by atoms with Gasteiger partial charge in [0.1, 0.15) is 6.10 Å². The number of cyclic esters (lactones) is 1. The molecule has 0 aromatic heterocycles. The molecule has 13 heavy (non-hydrogen) atoms. The molecule has 1 heterocycles. The highest BCUT2D eigenvalue weighted by Gasteiger charge is 2.21. The molecule has 0 aromatic rings. The average molecular weight is 182 g/mol. The molecule has 0 N–H and O–H groups in total. The SMILES string of the molecule is CC(C)CCCC1=CC(C)OC1=O. The minimum absolute atomic E-state index is 0.0125. The van der Waals surface area contributed by atoms with E-state index in [1.54, 1.807) is 0 Å². The highest BCUT2D eigenvalue weighted by Crippen LogP contribution is 2.19. The fraction of sp³-hybridized carbons (Fsp3) is 0.727. The van der Waals surface area contributed by atoms with Crippen LogP contribution in [0.5, 0.6) is 0 Å². The van der Waals surface area contributed by atoms with E-state index in [0.717, 1.165) is 24.3 Å². The Morgan fingerprint density at radius 3 is 2.69 bits per heavy atom. The van der Waals surface area contributed by atoms with Crippen molar-refractivity contribution in [1.29, 1.82) is 0 Å². The second-order valence-corrected chi connectivity index (χ2v) is 4.09. The van der Waals surface area contributed by atoms with Crippen molar-refractivity contribution in [2.45, 2.75) is 46.1 Å². The molecule has 0 aliphatic carbocycles. The lowest BCUT2D eigenvalue weighted by Gasteiger charge is -2.03. The molecule has 0 spiro atoms. The third-order valence-electron chi connectivity index (χ3n) is 2.22. The van der Waals surface area contributed by atoms with Crippen LogP contribution in [-0.4, -0.2) is 12.1 Å². The maximum absolute atomic E-state index is 11.2. The summed E-state index contributed by atoms with van der Waals surface area (Å²) in [4.78, 5) is 11.2. The van der Waals surface area contributed by atoms with E-state index < -0.39 is 0 Å². The van der Waals surface area contributed by atoms with Crippen LogP contribution in [0.25, 0.3) is 0 Å². The third-order valence-corrected chi connectivity index (χ3v) is 2.22. The number of carbonyl (C=O) groups excluding carboxylic acids is 1. The molecule has 1 rings (SSSR count). The first-order valence-corrected chi connectivity index (χ1v) is 5.01. The van der Waals surface area contributed by atoms with Gasteiger partial charge in [-0.05, 0) is 31.8 Å². The summed E-state index contributed by atoms with van der Waals surface area (Å²) in [6.45, 7) is 6.29. The molecule has 0 amide bonds. The van der Waals surface area contributed by atoms with E-state index in [4.69, 9.17) is 4.74 Å². The number of ether oxygens (including phenoxy) is 1. The number of esters is 1. The first-order chi connectivity index (χ1) is 6.09. The molecule has 2 heteroatoms. The molecule has 2 nitrogen and oxygen atoms in total. The molecule has 1 aliphatic heterocycles. The monoisotopic (exact) mass is 182 g/mol. The van der Waals surface area contributed by atoms with Gasteiger partial charge in [-0.1, -0.05) is 20.3 Å². The van der Waals surface area contributed by atoms with Gasteiger partial charge in [0.2, 0.25) is 0 Å². The van der Waals surface area contributed by atoms with E-state index >= 15 is 0 Å². The van der Waals surface area contributed by atoms with Crippen molar-refractivity contribution in [2.24, 2.45) is 5.92 Å². The molecule has 74 valence electrons. The lowest BCUT2D eigenvalue weighted by Crippen LogP contribution is -2.03. The first kappa shape index (κ1) is 10.3. The molecule has 0 saturated carbocycles. The molecule has 0 radical (unpaired) electrons. The smallest absolute Gasteiger partial charge is 0.334 e. The lowest BCUT2D eigenvalue weighted by atomic mass is 10.0. The zero-order valence-corrected chi connectivity index (χ0v) is 8.67. The van der Waals surface area contributed by atoms with E-state index in [2.05, 4.69) is 13.8 Å². The van der Waals surface area contributed by atoms with Gasteiger partial charge in [0.05, 0.1) is 0 Å². The van der Waals surface area contributed by atoms with Crippen LogP contribution in [0.15, 0.2) is 11.6 Å². The predicted molar refractivity (Wildman–Crippen MR) is 52.3 cm³/mol. The summed E-state index contributed by atoms with van der Waals surface area (Å²) >= 11 is 0. The zero-order chi connectivity index (χ0) is 9.84. The van der Waals surface area contributed by atoms with E-state index in [0.29, 0.717) is 0 Å². The van der Waals surface area contributed by atoms with Crippen LogP contribution in [0.4, 0.5) is 0 Å². The summed E-state index contributed by atoms with van der Waals surface area (Å²) in [6.07, 6.45) is 5.07. The molecule has 0 fully saturated rings. The summed E-state index contributed by atoms with van der Waals surface area (Å²) in [5.41, 5.74) is 0.869. The maximum atomic E-state index is 11.2. The molecule has 0 bridgehead atoms. The van der Waals surface area contributed by atoms with E-state index in [1.165, 1.54) is 6.42 Å². The fourth-order valence-electron chi connectivity index (χ4n) is 1.52. The van der Waals surface area contributed by atoms with E-state index in [9.17, 15) is 4.79 Å². The van der Waals surface area contributed by atoms with Crippen LogP contribution < -0.4 is 0 Å². The average Bonchev–Trinajstić information content (AvgIpc) is 2.29. The quantitative estimate of drug-likeness (QED) is 0.625. The van der Waals surface area contributed by atoms with Crippen LogP contribution in [0, 0.1) is 5.92 Å². The molecule has 0 aromatic carbocycles. The Hall–Kier alpha value is -0.790. The van der Waals surface area contributed by atoms with Gasteiger partial charge in [-0.15, -0.1) is 0 Å². The molecular formula is C11H18O2. The van der Waals surface area contributed by atoms with Gasteiger partial charge in [-0.2, -0.15) is 0 Å². The Bertz CT molecular complexity index is 216. The maximum Gasteiger partial charge on any atom is 0.334 e. The van der Waals surface area contributed by atoms with Gasteiger partial charge in [0, 0.05) is 5.57 Å². The van der Waals surface area contributed by atoms with Crippen molar-refractivity contribution < 1.29 is 9.53 Å². The van der Waals surface area contributed by atoms with Crippen molar-refractivity contribution >= 4 is 5.97 Å². The Kier molecular flexibility index (Phi) is 3.52. The van der Waals surface area contributed by atoms with Crippen molar-refractivity contribution in [2.75, 3.05) is 0 Å². The minimum Gasteiger partial charge on any atom is -0.455 e. The largest absolute Gasteiger partial charge is 0.455 e. The molecule has 1 atom stereocenters. The van der Waals surface area contributed by atoms with Gasteiger partial charge < -0.3 is 4.74 Å². The Labute approximate surface area is 80.0 Å². The minimum atomic E-state index is -0.115. The normalized spacial score (nSPS) is 22.0. The van der Waals surface area contributed by atoms with Gasteiger partial charge in [0.25, 0.3) is 0 Å². The van der Waals surface area contributed by atoms with Gasteiger partial charge in [-0.25, -0.2) is 4.79 Å². The lowest BCUT2D eigenvalue weighted by molar-refractivity contribution is -0.139. The second-order valence-electron chi connectivity index (χ2n) is 4.09. The summed E-state index contributed by atoms with van der Waals surface area (Å²) in [7, 11) is 0. The number of hydrogen-bond donors (Lipinski definition) is 0. The van der Waals surface area contributed by atoms with E-state index in [1.807, 2.05) is 13.0 Å². The topological polar surface area (TPSA) is 26.3 Å². The van der Waals surface area contributed by atoms with Crippen LogP contribution in [-0.2, 0) is 9.53 Å². The molecular weight excluding hydrogens is 164 g/mol. The standard InChI is InChI=1S/C11H18O2/c1-8(2)5-4-6-10-7-9(3)13-11(10)12/h7-9H,4-6H2,1-3H3. The number of hydrogen-bond acceptors (Lipinski definition) is 2. The first-order valence-electron chi connectivity index (χ1n) is 5.01. The predicted octanol–water partition coefficient (Wildman–Crippen LogP) is 2.68. The van der Waals surface area contributed by atoms with Crippen molar-refractivity contribution in [3.63, 3.8) is 0 Å². The van der Waals surface area contributed by atoms with Crippen LogP contribution in [0.2, 0.25) is 0 Å². The Morgan fingerprint density at radius 1 is 1.54 bits per heavy atom. The van der Waals surface area contributed by atoms with Gasteiger partial charge >= 0.3 is 5.97 Å². The summed E-state index contributed by atoms with van der Waals surface area (Å²) in [6, 6.07) is 0. The summed E-state index contributed by atoms with van der Waals surface area (Å²) in [5, 5.41) is 0. The van der Waals surface area contributed by atoms with Crippen LogP contribution in [0.3, 0.4) is 0 Å². The molecule has 1 unspecified atom stereocenters. The van der Waals surface area contributed by atoms with E-state index in [-0.39, 0.29) is 12.1 Å². The molecule has 0 saturated heterocycles. The highest BCUT2D eigenvalue weighted by atomic mass is 16.5. The number of rotatable bonds is 4. The highest BCUT2D eigenvalue weighted by molar-refractivity contribution is 5.90.